The molecule has 4 rings (SSSR count). The summed E-state index contributed by atoms with van der Waals surface area (Å²) in [5, 5.41) is 8.71. The molecule has 8 heteroatoms. The van der Waals surface area contributed by atoms with Crippen LogP contribution in [-0.4, -0.2) is 26.3 Å². The lowest BCUT2D eigenvalue weighted by Crippen LogP contribution is -2.06. The van der Waals surface area contributed by atoms with Gasteiger partial charge in [-0.3, -0.25) is 9.36 Å². The van der Waals surface area contributed by atoms with Gasteiger partial charge in [-0.25, -0.2) is 8.78 Å². The summed E-state index contributed by atoms with van der Waals surface area (Å²) in [6.07, 6.45) is 0. The molecule has 30 heavy (non-hydrogen) atoms. The number of rotatable bonds is 6. The van der Waals surface area contributed by atoms with Gasteiger partial charge in [0.2, 0.25) is 0 Å². The lowest BCUT2D eigenvalue weighted by molar-refractivity contribution is 0.102. The van der Waals surface area contributed by atoms with Gasteiger partial charge >= 0.3 is 0 Å². The predicted octanol–water partition coefficient (Wildman–Crippen LogP) is 5.95. The first-order valence-electron chi connectivity index (χ1n) is 8.91. The number of aromatic nitrogens is 3. The zero-order valence-electron chi connectivity index (χ0n) is 15.4. The van der Waals surface area contributed by atoms with Gasteiger partial charge in [0.15, 0.2) is 16.8 Å². The van der Waals surface area contributed by atoms with Gasteiger partial charge in [-0.15, -0.1) is 10.2 Å². The van der Waals surface area contributed by atoms with Crippen molar-refractivity contribution in [3.05, 3.63) is 94.5 Å². The number of halogens is 3. The summed E-state index contributed by atoms with van der Waals surface area (Å²) in [5.74, 6) is -1.05. The second-order valence-electron chi connectivity index (χ2n) is 6.30. The molecule has 0 N–H and O–H groups in total. The first-order valence-corrected chi connectivity index (χ1v) is 10.7. The zero-order valence-corrected chi connectivity index (χ0v) is 17.8. The number of hydrogen-bond acceptors (Lipinski definition) is 4. The van der Waals surface area contributed by atoms with Crippen molar-refractivity contribution >= 4 is 33.5 Å². The summed E-state index contributed by atoms with van der Waals surface area (Å²) < 4.78 is 30.3. The molecule has 0 bridgehead atoms. The molecule has 0 aliphatic carbocycles. The molecule has 0 aliphatic rings. The third-order valence-electron chi connectivity index (χ3n) is 4.32. The van der Waals surface area contributed by atoms with Gasteiger partial charge in [-0.2, -0.15) is 0 Å². The van der Waals surface area contributed by atoms with E-state index in [0.29, 0.717) is 21.0 Å². The second-order valence-corrected chi connectivity index (χ2v) is 8.09. The predicted molar refractivity (Wildman–Crippen MR) is 116 cm³/mol. The van der Waals surface area contributed by atoms with E-state index in [2.05, 4.69) is 26.1 Å². The highest BCUT2D eigenvalue weighted by Crippen LogP contribution is 2.30. The minimum absolute atomic E-state index is 0.0817. The van der Waals surface area contributed by atoms with Gasteiger partial charge in [0.05, 0.1) is 11.4 Å². The Labute approximate surface area is 184 Å². The Morgan fingerprint density at radius 3 is 2.43 bits per heavy atom. The van der Waals surface area contributed by atoms with Crippen LogP contribution in [0.25, 0.3) is 17.1 Å². The molecule has 0 saturated heterocycles. The van der Waals surface area contributed by atoms with Crippen LogP contribution in [0.3, 0.4) is 0 Å². The quantitative estimate of drug-likeness (QED) is 0.250. The first kappa shape index (κ1) is 20.4. The van der Waals surface area contributed by atoms with E-state index < -0.39 is 11.6 Å². The first-order chi connectivity index (χ1) is 14.5. The van der Waals surface area contributed by atoms with Crippen LogP contribution in [0, 0.1) is 11.6 Å². The van der Waals surface area contributed by atoms with E-state index >= 15 is 0 Å². The van der Waals surface area contributed by atoms with Gasteiger partial charge in [0.1, 0.15) is 11.6 Å². The van der Waals surface area contributed by atoms with Gasteiger partial charge < -0.3 is 0 Å². The van der Waals surface area contributed by atoms with E-state index in [0.717, 1.165) is 23.4 Å². The van der Waals surface area contributed by atoms with Gasteiger partial charge in [0, 0.05) is 21.7 Å². The van der Waals surface area contributed by atoms with Crippen LogP contribution in [0.4, 0.5) is 8.78 Å². The summed E-state index contributed by atoms with van der Waals surface area (Å²) >= 11 is 4.52. The average molecular weight is 486 g/mol. The fraction of sp³-hybridized carbons (Fsp3) is 0.0455. The molecule has 0 fully saturated rings. The summed E-state index contributed by atoms with van der Waals surface area (Å²) in [6, 6.07) is 19.6. The Balaban J connectivity index is 1.72. The van der Waals surface area contributed by atoms with E-state index in [1.807, 2.05) is 36.4 Å². The van der Waals surface area contributed by atoms with Crippen molar-refractivity contribution in [1.29, 1.82) is 0 Å². The lowest BCUT2D eigenvalue weighted by Gasteiger charge is -2.11. The minimum Gasteiger partial charge on any atom is -0.293 e. The summed E-state index contributed by atoms with van der Waals surface area (Å²) in [6.45, 7) is 0. The number of carbonyl (C=O) groups is 1. The molecule has 1 aromatic heterocycles. The number of carbonyl (C=O) groups excluding carboxylic acids is 1. The minimum atomic E-state index is -0.744. The molecule has 0 saturated carbocycles. The fourth-order valence-electron chi connectivity index (χ4n) is 2.91. The van der Waals surface area contributed by atoms with Crippen LogP contribution in [0.5, 0.6) is 0 Å². The Hall–Kier alpha value is -2.84. The maximum atomic E-state index is 14.6. The highest BCUT2D eigenvalue weighted by molar-refractivity contribution is 9.10. The monoisotopic (exact) mass is 485 g/mol. The highest BCUT2D eigenvalue weighted by atomic mass is 79.9. The SMILES string of the molecule is O=C(CSc1nnc(-c2ccccc2)n1-c1ccc(F)cc1F)c1ccccc1Br. The van der Waals surface area contributed by atoms with Crippen molar-refractivity contribution in [3.8, 4) is 17.1 Å². The van der Waals surface area contributed by atoms with Gasteiger partial charge in [-0.1, -0.05) is 76.2 Å². The fourth-order valence-corrected chi connectivity index (χ4v) is 4.25. The number of Topliss-reactive ketones (excluding diaryl/α,β-unsaturated/α-hetero) is 1. The third-order valence-corrected chi connectivity index (χ3v) is 5.94. The van der Waals surface area contributed by atoms with Crippen molar-refractivity contribution in [3.63, 3.8) is 0 Å². The van der Waals surface area contributed by atoms with Crippen molar-refractivity contribution < 1.29 is 13.6 Å². The van der Waals surface area contributed by atoms with Crippen molar-refractivity contribution in [2.24, 2.45) is 0 Å². The number of benzene rings is 3. The summed E-state index contributed by atoms with van der Waals surface area (Å²) in [4.78, 5) is 12.6. The molecule has 0 spiro atoms. The van der Waals surface area contributed by atoms with Crippen LogP contribution in [-0.2, 0) is 0 Å². The van der Waals surface area contributed by atoms with Crippen LogP contribution >= 0.6 is 27.7 Å². The molecule has 150 valence electrons. The van der Waals surface area contributed by atoms with Crippen LogP contribution < -0.4 is 0 Å². The molecule has 0 aliphatic heterocycles. The van der Waals surface area contributed by atoms with E-state index in [1.54, 1.807) is 18.2 Å². The normalized spacial score (nSPS) is 10.9. The van der Waals surface area contributed by atoms with Gasteiger partial charge in [0.25, 0.3) is 0 Å². The second kappa shape index (κ2) is 8.89. The lowest BCUT2D eigenvalue weighted by atomic mass is 10.1. The molecule has 0 atom stereocenters. The summed E-state index contributed by atoms with van der Waals surface area (Å²) in [5.41, 5.74) is 1.38. The van der Waals surface area contributed by atoms with E-state index in [1.165, 1.54) is 16.7 Å². The number of thioether (sulfide) groups is 1. The standard InChI is InChI=1S/C22H14BrF2N3OS/c23-17-9-5-4-8-16(17)20(29)13-30-22-27-26-21(14-6-2-1-3-7-14)28(22)19-11-10-15(24)12-18(19)25/h1-12H,13H2. The van der Waals surface area contributed by atoms with E-state index in [4.69, 9.17) is 0 Å². The molecule has 4 nitrogen and oxygen atoms in total. The molecule has 0 radical (unpaired) electrons. The van der Waals surface area contributed by atoms with Crippen molar-refractivity contribution in [2.75, 3.05) is 5.75 Å². The van der Waals surface area contributed by atoms with Crippen LogP contribution in [0.15, 0.2) is 82.4 Å². The van der Waals surface area contributed by atoms with E-state index in [9.17, 15) is 13.6 Å². The third kappa shape index (κ3) is 4.20. The Morgan fingerprint density at radius 1 is 0.967 bits per heavy atom. The molecule has 0 amide bonds. The largest absolute Gasteiger partial charge is 0.293 e. The maximum absolute atomic E-state index is 14.6. The Bertz CT molecular complexity index is 1210. The van der Waals surface area contributed by atoms with E-state index in [-0.39, 0.29) is 17.2 Å². The van der Waals surface area contributed by atoms with Crippen molar-refractivity contribution in [2.45, 2.75) is 5.16 Å². The Morgan fingerprint density at radius 2 is 1.70 bits per heavy atom. The Kier molecular flexibility index (Phi) is 6.06. The van der Waals surface area contributed by atoms with Crippen molar-refractivity contribution in [1.82, 2.24) is 14.8 Å². The highest BCUT2D eigenvalue weighted by Gasteiger charge is 2.20. The average Bonchev–Trinajstić information content (AvgIpc) is 3.16. The zero-order chi connectivity index (χ0) is 21.1. The number of ketones is 1. The molecule has 0 unspecified atom stereocenters. The molecular formula is C22H14BrF2N3OS. The summed E-state index contributed by atoms with van der Waals surface area (Å²) in [7, 11) is 0. The van der Waals surface area contributed by atoms with Crippen LogP contribution in [0.1, 0.15) is 10.4 Å². The smallest absolute Gasteiger partial charge is 0.196 e. The molecule has 3 aromatic carbocycles. The molecule has 1 heterocycles. The molecular weight excluding hydrogens is 472 g/mol. The van der Waals surface area contributed by atoms with Gasteiger partial charge in [-0.05, 0) is 18.2 Å². The topological polar surface area (TPSA) is 47.8 Å². The maximum Gasteiger partial charge on any atom is 0.196 e. The number of nitrogens with zero attached hydrogens (tertiary/aromatic N) is 3. The molecule has 4 aromatic rings. The number of hydrogen-bond donors (Lipinski definition) is 0. The van der Waals surface area contributed by atoms with Crippen LogP contribution in [0.2, 0.25) is 0 Å².